The third kappa shape index (κ3) is 13.5. The molecule has 8 atom stereocenters. The first-order valence-electron chi connectivity index (χ1n) is 22.3. The van der Waals surface area contributed by atoms with Crippen LogP contribution in [0.25, 0.3) is 33.0 Å². The molecule has 2 aliphatic rings. The maximum atomic E-state index is 13.6. The number of phosphoric acid groups is 2. The fourth-order valence-electron chi connectivity index (χ4n) is 8.46. The van der Waals surface area contributed by atoms with Crippen molar-refractivity contribution >= 4 is 95.7 Å². The number of nitrogens with one attached hydrogen (secondary N) is 1. The molecule has 72 heavy (non-hydrogen) atoms. The fourth-order valence-corrected chi connectivity index (χ4v) is 12.5. The summed E-state index contributed by atoms with van der Waals surface area (Å²) in [5.74, 6) is 0.967. The second kappa shape index (κ2) is 22.2. The number of phosphoric ester groups is 2. The van der Waals surface area contributed by atoms with Gasteiger partial charge in [-0.15, -0.1) is 0 Å². The number of anilines is 3. The molecular formula is C41H54ClN11O15P3S+. The van der Waals surface area contributed by atoms with E-state index in [0.29, 0.717) is 46.1 Å². The van der Waals surface area contributed by atoms with E-state index >= 15 is 0 Å². The van der Waals surface area contributed by atoms with Gasteiger partial charge in [-0.2, -0.15) is 4.98 Å². The van der Waals surface area contributed by atoms with Gasteiger partial charge in [0.15, 0.2) is 11.5 Å². The van der Waals surface area contributed by atoms with E-state index in [9.17, 15) is 38.1 Å². The molecule has 2 fully saturated rings. The number of benzene rings is 2. The molecule has 8 rings (SSSR count). The minimum absolute atomic E-state index is 0.0691. The van der Waals surface area contributed by atoms with Crippen molar-refractivity contribution in [3.8, 4) is 5.75 Å². The second-order valence-corrected chi connectivity index (χ2v) is 24.6. The van der Waals surface area contributed by atoms with Gasteiger partial charge >= 0.3 is 28.1 Å². The number of quaternary nitrogens is 1. The Bertz CT molecular complexity index is 3140. The zero-order chi connectivity index (χ0) is 51.6. The second-order valence-electron chi connectivity index (χ2n) is 17.5. The summed E-state index contributed by atoms with van der Waals surface area (Å²) < 4.78 is 80.7. The Labute approximate surface area is 420 Å². The highest BCUT2D eigenvalue weighted by molar-refractivity contribution is 8.54. The molecule has 0 saturated carbocycles. The van der Waals surface area contributed by atoms with Gasteiger partial charge in [-0.25, -0.2) is 38.4 Å². The Morgan fingerprint density at radius 2 is 1.57 bits per heavy atom. The van der Waals surface area contributed by atoms with Crippen molar-refractivity contribution in [1.29, 1.82) is 0 Å². The lowest BCUT2D eigenvalue weighted by molar-refractivity contribution is -0.890. The number of hydrogen-bond acceptors (Lipinski definition) is 20. The molecular weight excluding hydrogens is 1050 g/mol. The first kappa shape index (κ1) is 53.9. The van der Waals surface area contributed by atoms with E-state index in [-0.39, 0.29) is 41.4 Å². The smallest absolute Gasteiger partial charge is 0.472 e. The maximum absolute atomic E-state index is 13.6. The van der Waals surface area contributed by atoms with Crippen molar-refractivity contribution in [1.82, 2.24) is 34.1 Å². The molecule has 2 aromatic carbocycles. The van der Waals surface area contributed by atoms with Crippen LogP contribution in [-0.4, -0.2) is 142 Å². The van der Waals surface area contributed by atoms with Crippen LogP contribution in [0.15, 0.2) is 66.1 Å². The predicted octanol–water partition coefficient (Wildman–Crippen LogP) is 4.99. The molecule has 9 N–H and O–H groups in total. The van der Waals surface area contributed by atoms with Crippen molar-refractivity contribution in [2.45, 2.75) is 62.6 Å². The molecule has 2 unspecified atom stereocenters. The predicted molar refractivity (Wildman–Crippen MR) is 266 cm³/mol. The highest BCUT2D eigenvalue weighted by Crippen LogP contribution is 2.57. The number of fused-ring (bicyclic) bond motifs is 3. The Balaban J connectivity index is 0.850. The van der Waals surface area contributed by atoms with Crippen molar-refractivity contribution in [3.63, 3.8) is 0 Å². The normalized spacial score (nSPS) is 22.4. The van der Waals surface area contributed by atoms with E-state index in [1.54, 1.807) is 7.11 Å². The van der Waals surface area contributed by atoms with Crippen LogP contribution in [0.1, 0.15) is 38.1 Å². The van der Waals surface area contributed by atoms with Gasteiger partial charge in [0, 0.05) is 60.0 Å². The van der Waals surface area contributed by atoms with Crippen LogP contribution in [0.3, 0.4) is 0 Å². The van der Waals surface area contributed by atoms with Crippen molar-refractivity contribution < 1.29 is 70.1 Å². The lowest BCUT2D eigenvalue weighted by atomic mass is 10.1. The van der Waals surface area contributed by atoms with Crippen LogP contribution in [0.4, 0.5) is 17.3 Å². The van der Waals surface area contributed by atoms with Gasteiger partial charge in [-0.3, -0.25) is 27.2 Å². The molecule has 4 aromatic heterocycles. The molecule has 0 aliphatic carbocycles. The summed E-state index contributed by atoms with van der Waals surface area (Å²) in [5.41, 5.74) is 13.7. The molecule has 390 valence electrons. The SMILES string of the molecule is COc1ccc2nc3cc(Cl)ccc3c(NCCC[N+](C)(C)CCCSP(=O)(O)OC[C@H]3O[C@@H](n4ccc(N)nc4=O)C[C@@H]3OP(=O)(O)OC[C@H]3O[C@@H](n4cnc5c(N)ncnc54)C[C@@H]3OP(=O)(O)O)c2c1. The lowest BCUT2D eigenvalue weighted by Crippen LogP contribution is -2.42. The highest BCUT2D eigenvalue weighted by atomic mass is 35.5. The summed E-state index contributed by atoms with van der Waals surface area (Å²) in [4.78, 5) is 74.7. The fraction of sp³-hybridized carbons (Fsp3) is 0.463. The summed E-state index contributed by atoms with van der Waals surface area (Å²) in [5, 5.41) is 6.04. The monoisotopic (exact) mass is 1100 g/mol. The summed E-state index contributed by atoms with van der Waals surface area (Å²) >= 11 is 7.01. The van der Waals surface area contributed by atoms with Crippen molar-refractivity contribution in [2.24, 2.45) is 0 Å². The third-order valence-corrected chi connectivity index (χ3v) is 16.8. The van der Waals surface area contributed by atoms with E-state index in [1.807, 2.05) is 36.4 Å². The van der Waals surface area contributed by atoms with E-state index in [4.69, 9.17) is 60.4 Å². The van der Waals surface area contributed by atoms with Gasteiger partial charge in [0.25, 0.3) is 0 Å². The molecule has 2 aliphatic heterocycles. The molecule has 6 heterocycles. The van der Waals surface area contributed by atoms with E-state index in [0.717, 1.165) is 45.0 Å². The number of nitrogens with two attached hydrogens (primary N) is 2. The lowest BCUT2D eigenvalue weighted by Gasteiger charge is -2.30. The zero-order valence-electron chi connectivity index (χ0n) is 38.9. The molecule has 26 nitrogen and oxygen atoms in total. The number of ether oxygens (including phenoxy) is 3. The molecule has 0 radical (unpaired) electrons. The number of hydrogen-bond donors (Lipinski definition) is 7. The van der Waals surface area contributed by atoms with Crippen molar-refractivity contribution in [2.75, 3.05) is 76.6 Å². The third-order valence-electron chi connectivity index (χ3n) is 11.9. The summed E-state index contributed by atoms with van der Waals surface area (Å²) in [6, 6.07) is 12.7. The Kier molecular flexibility index (Phi) is 16.6. The van der Waals surface area contributed by atoms with Crippen LogP contribution in [0.2, 0.25) is 5.02 Å². The molecule has 0 amide bonds. The Morgan fingerprint density at radius 3 is 2.29 bits per heavy atom. The molecule has 6 aromatic rings. The number of halogens is 1. The molecule has 2 saturated heterocycles. The van der Waals surface area contributed by atoms with Gasteiger partial charge in [-0.05, 0) is 53.8 Å². The largest absolute Gasteiger partial charge is 0.497 e. The number of methoxy groups -OCH3 is 1. The van der Waals surface area contributed by atoms with E-state index in [1.165, 1.54) is 29.5 Å². The standard InChI is InChI=1S/C41H53ClN11O15P3S/c1-53(2,13-4-11-45-37-26-8-6-24(42)16-29(26)49-28-9-7-25(62-3)17-27(28)37)14-5-15-72-71(60,61)64-21-33-31(19-35(65-33)51-12-10-34(43)50-41(51)54)68-70(58,59)63-20-32-30(67-69(55,56)57)18-36(66-32)52-23-48-38-39(44)46-22-47-40(38)52/h6-10,12,16-17,22-23,30-33,35-36H,4-5,11,13-15,18-21H2,1-3H3,(H8-,43,44,45,46,47,49,50,54,55,56,57,58,59,60,61)/p+1/t30-,31-,32+,33+,35+,36+/m0/s1. The van der Waals surface area contributed by atoms with Gasteiger partial charge in [0.1, 0.15) is 60.3 Å². The minimum Gasteiger partial charge on any atom is -0.497 e. The van der Waals surface area contributed by atoms with E-state index in [2.05, 4.69) is 39.3 Å². The van der Waals surface area contributed by atoms with Crippen LogP contribution in [0.5, 0.6) is 5.75 Å². The van der Waals surface area contributed by atoms with Gasteiger partial charge in [0.2, 0.25) is 0 Å². The first-order valence-corrected chi connectivity index (χ1v) is 28.9. The molecule has 0 spiro atoms. The highest BCUT2D eigenvalue weighted by Gasteiger charge is 2.46. The Hall–Kier alpha value is -4.37. The van der Waals surface area contributed by atoms with Crippen LogP contribution >= 0.6 is 45.4 Å². The van der Waals surface area contributed by atoms with Gasteiger partial charge in [-0.1, -0.05) is 11.6 Å². The van der Waals surface area contributed by atoms with Gasteiger partial charge in [0.05, 0.1) is 70.6 Å². The molecule has 31 heteroatoms. The number of aromatic nitrogens is 7. The van der Waals surface area contributed by atoms with Gasteiger partial charge < -0.3 is 55.1 Å². The maximum Gasteiger partial charge on any atom is 0.472 e. The topological polar surface area (TPSA) is 352 Å². The van der Waals surface area contributed by atoms with Crippen molar-refractivity contribution in [3.05, 3.63) is 76.8 Å². The average molecular weight is 1100 g/mol. The van der Waals surface area contributed by atoms with Crippen LogP contribution in [-0.2, 0) is 41.3 Å². The number of imidazole rings is 1. The number of pyridine rings is 1. The molecule has 0 bridgehead atoms. The average Bonchev–Trinajstić information content (AvgIpc) is 4.04. The zero-order valence-corrected chi connectivity index (χ0v) is 43.2. The number of nitrogens with zero attached hydrogens (tertiary/aromatic N) is 8. The van der Waals surface area contributed by atoms with Crippen LogP contribution < -0.4 is 27.2 Å². The summed E-state index contributed by atoms with van der Waals surface area (Å²) in [6.45, 7) is -3.63. The summed E-state index contributed by atoms with van der Waals surface area (Å²) in [7, 11) is -4.47. The number of nitrogen functional groups attached to an aromatic ring is 2. The summed E-state index contributed by atoms with van der Waals surface area (Å²) in [6.07, 6.45) is -2.82. The number of rotatable bonds is 23. The quantitative estimate of drug-likeness (QED) is 0.0192. The van der Waals surface area contributed by atoms with Crippen LogP contribution in [0, 0.1) is 0 Å². The first-order chi connectivity index (χ1) is 34.1. The Morgan fingerprint density at radius 1 is 0.861 bits per heavy atom. The van der Waals surface area contributed by atoms with E-state index < -0.39 is 78.2 Å². The minimum atomic E-state index is -5.12.